The predicted molar refractivity (Wildman–Crippen MR) is 105 cm³/mol. The van der Waals surface area contributed by atoms with Crippen molar-refractivity contribution in [1.29, 1.82) is 0 Å². The highest BCUT2D eigenvalue weighted by molar-refractivity contribution is 7.91. The maximum Gasteiger partial charge on any atom is 0.256 e. The first-order chi connectivity index (χ1) is 14.3. The van der Waals surface area contributed by atoms with Crippen molar-refractivity contribution in [1.82, 2.24) is 19.5 Å². The Hall–Kier alpha value is -2.93. The van der Waals surface area contributed by atoms with E-state index in [-0.39, 0.29) is 17.0 Å². The predicted octanol–water partition coefficient (Wildman–Crippen LogP) is -0.258. The van der Waals surface area contributed by atoms with Gasteiger partial charge in [0.25, 0.3) is 5.91 Å². The Morgan fingerprint density at radius 2 is 1.97 bits per heavy atom. The number of aliphatic hydroxyl groups is 2. The summed E-state index contributed by atoms with van der Waals surface area (Å²) in [5.41, 5.74) is 0.853. The average molecular weight is 433 g/mol. The van der Waals surface area contributed by atoms with E-state index in [1.54, 1.807) is 30.3 Å². The summed E-state index contributed by atoms with van der Waals surface area (Å²) in [5, 5.41) is 21.1. The molecule has 1 aromatic carbocycles. The molecule has 1 saturated heterocycles. The number of benzene rings is 1. The van der Waals surface area contributed by atoms with E-state index >= 15 is 0 Å². The highest BCUT2D eigenvalue weighted by Crippen LogP contribution is 2.36. The van der Waals surface area contributed by atoms with Crippen molar-refractivity contribution < 1.29 is 28.2 Å². The number of carbonyl (C=O) groups excluding carboxylic acids is 1. The summed E-state index contributed by atoms with van der Waals surface area (Å²) < 4.78 is 31.5. The molecule has 30 heavy (non-hydrogen) atoms. The van der Waals surface area contributed by atoms with Gasteiger partial charge < -0.3 is 20.3 Å². The second kappa shape index (κ2) is 7.72. The fraction of sp³-hybridized carbons (Fsp3) is 0.333. The maximum atomic E-state index is 12.5. The van der Waals surface area contributed by atoms with Gasteiger partial charge in [0.2, 0.25) is 0 Å². The molecule has 0 radical (unpaired) electrons. The van der Waals surface area contributed by atoms with E-state index in [2.05, 4.69) is 20.3 Å². The third-order valence-electron chi connectivity index (χ3n) is 4.89. The Morgan fingerprint density at radius 3 is 2.63 bits per heavy atom. The second-order valence-corrected chi connectivity index (χ2v) is 9.10. The Balaban J connectivity index is 1.72. The summed E-state index contributed by atoms with van der Waals surface area (Å²) in [4.78, 5) is 24.9. The van der Waals surface area contributed by atoms with Crippen LogP contribution in [-0.2, 0) is 14.6 Å². The van der Waals surface area contributed by atoms with Crippen molar-refractivity contribution in [3.05, 3.63) is 48.5 Å². The molecular weight excluding hydrogens is 414 g/mol. The lowest BCUT2D eigenvalue weighted by atomic mass is 10.2. The molecule has 4 rings (SSSR count). The van der Waals surface area contributed by atoms with Crippen molar-refractivity contribution >= 4 is 32.7 Å². The van der Waals surface area contributed by atoms with Crippen LogP contribution in [0.3, 0.4) is 0 Å². The van der Waals surface area contributed by atoms with E-state index < -0.39 is 46.0 Å². The molecule has 0 spiro atoms. The van der Waals surface area contributed by atoms with Crippen LogP contribution in [0.2, 0.25) is 0 Å². The fourth-order valence-corrected chi connectivity index (χ4v) is 4.76. The molecule has 0 bridgehead atoms. The van der Waals surface area contributed by atoms with Gasteiger partial charge in [-0.15, -0.1) is 0 Å². The van der Waals surface area contributed by atoms with E-state index in [9.17, 15) is 23.4 Å². The number of aromatic nitrogens is 4. The van der Waals surface area contributed by atoms with Gasteiger partial charge in [-0.25, -0.2) is 23.4 Å². The summed E-state index contributed by atoms with van der Waals surface area (Å²) >= 11 is 0. The topological polar surface area (TPSA) is 157 Å². The Bertz CT molecular complexity index is 1180. The van der Waals surface area contributed by atoms with Gasteiger partial charge in [-0.1, -0.05) is 18.2 Å². The first-order valence-electron chi connectivity index (χ1n) is 8.98. The number of ether oxygens (including phenoxy) is 1. The van der Waals surface area contributed by atoms with Crippen LogP contribution < -0.4 is 5.32 Å². The molecule has 1 fully saturated rings. The number of hydrogen-bond donors (Lipinski definition) is 3. The van der Waals surface area contributed by atoms with Gasteiger partial charge in [-0.2, -0.15) is 0 Å². The van der Waals surface area contributed by atoms with Crippen molar-refractivity contribution in [2.75, 3.05) is 18.2 Å². The van der Waals surface area contributed by atoms with Crippen LogP contribution in [-0.4, -0.2) is 74.4 Å². The minimum atomic E-state index is -3.75. The van der Waals surface area contributed by atoms with Crippen LogP contribution in [0.4, 0.5) is 5.82 Å². The number of aliphatic hydroxyl groups excluding tert-OH is 2. The van der Waals surface area contributed by atoms with Gasteiger partial charge in [0.15, 0.2) is 33.0 Å². The smallest absolute Gasteiger partial charge is 0.256 e. The number of rotatable bonds is 5. The number of nitrogens with zero attached hydrogens (tertiary/aromatic N) is 4. The first-order valence-corrected chi connectivity index (χ1v) is 10.9. The molecule has 0 saturated carbocycles. The maximum absolute atomic E-state index is 12.5. The summed E-state index contributed by atoms with van der Waals surface area (Å²) in [6, 6.07) is 8.53. The second-order valence-electron chi connectivity index (χ2n) is 6.90. The van der Waals surface area contributed by atoms with Crippen LogP contribution in [0.15, 0.2) is 43.0 Å². The van der Waals surface area contributed by atoms with E-state index in [0.29, 0.717) is 5.56 Å². The highest BCUT2D eigenvalue weighted by Gasteiger charge is 2.50. The molecule has 12 heteroatoms. The molecular formula is C18H19N5O6S. The van der Waals surface area contributed by atoms with Crippen LogP contribution in [0.25, 0.3) is 11.2 Å². The molecule has 0 unspecified atom stereocenters. The summed E-state index contributed by atoms with van der Waals surface area (Å²) in [6.45, 7) is -0.552. The Labute approximate surface area is 171 Å². The first kappa shape index (κ1) is 20.3. The third-order valence-corrected chi connectivity index (χ3v) is 6.39. The Morgan fingerprint density at radius 1 is 1.23 bits per heavy atom. The van der Waals surface area contributed by atoms with Crippen molar-refractivity contribution in [2.45, 2.75) is 23.7 Å². The minimum absolute atomic E-state index is 0.140. The summed E-state index contributed by atoms with van der Waals surface area (Å²) in [6.07, 6.45) is -0.183. The monoisotopic (exact) mass is 433 g/mol. The average Bonchev–Trinajstić information content (AvgIpc) is 3.29. The normalized spacial score (nSPS) is 24.2. The Kier molecular flexibility index (Phi) is 5.24. The zero-order chi connectivity index (χ0) is 21.5. The van der Waals surface area contributed by atoms with Crippen LogP contribution in [0, 0.1) is 0 Å². The van der Waals surface area contributed by atoms with Gasteiger partial charge in [-0.05, 0) is 12.1 Å². The molecule has 11 nitrogen and oxygen atoms in total. The van der Waals surface area contributed by atoms with Crippen molar-refractivity contribution in [3.63, 3.8) is 0 Å². The number of nitrogens with one attached hydrogen (secondary N) is 1. The molecule has 3 heterocycles. The zero-order valence-corrected chi connectivity index (χ0v) is 16.6. The van der Waals surface area contributed by atoms with E-state index in [0.717, 1.165) is 6.26 Å². The number of imidazole rings is 1. The molecule has 3 N–H and O–H groups in total. The molecule has 1 aliphatic heterocycles. The lowest BCUT2D eigenvalue weighted by Gasteiger charge is -2.19. The van der Waals surface area contributed by atoms with Gasteiger partial charge in [0.1, 0.15) is 23.8 Å². The van der Waals surface area contributed by atoms with Gasteiger partial charge >= 0.3 is 0 Å². The van der Waals surface area contributed by atoms with Crippen LogP contribution in [0.1, 0.15) is 16.6 Å². The lowest BCUT2D eigenvalue weighted by molar-refractivity contribution is -0.0431. The summed E-state index contributed by atoms with van der Waals surface area (Å²) in [7, 11) is -3.75. The standard InChI is InChI=1S/C18H19N5O6S/c1-30(27,28)14-13(25)11(7-24)29-18(14)23-9-21-12-15(19-8-20-16(12)23)22-17(26)10-5-3-2-4-6-10/h2-6,8-9,11,13-14,18,24-25H,7H2,1H3,(H,19,20,22,26)/t11-,13-,14-,18-/m1/s1. The van der Waals surface area contributed by atoms with Crippen LogP contribution >= 0.6 is 0 Å². The van der Waals surface area contributed by atoms with Crippen molar-refractivity contribution in [3.8, 4) is 0 Å². The number of fused-ring (bicyclic) bond motifs is 1. The van der Waals surface area contributed by atoms with Gasteiger partial charge in [0, 0.05) is 11.8 Å². The quantitative estimate of drug-likeness (QED) is 0.493. The molecule has 158 valence electrons. The van der Waals surface area contributed by atoms with Gasteiger partial charge in [0.05, 0.1) is 12.9 Å². The number of amides is 1. The molecule has 0 aliphatic carbocycles. The third kappa shape index (κ3) is 3.54. The zero-order valence-electron chi connectivity index (χ0n) is 15.8. The van der Waals surface area contributed by atoms with E-state index in [4.69, 9.17) is 4.74 Å². The number of hydrogen-bond acceptors (Lipinski definition) is 9. The molecule has 4 atom stereocenters. The number of carbonyl (C=O) groups is 1. The molecule has 1 aliphatic rings. The molecule has 2 aromatic heterocycles. The van der Waals surface area contributed by atoms with E-state index in [1.807, 2.05) is 0 Å². The lowest BCUT2D eigenvalue weighted by Crippen LogP contribution is -2.38. The molecule has 1 amide bonds. The van der Waals surface area contributed by atoms with E-state index in [1.165, 1.54) is 17.2 Å². The highest BCUT2D eigenvalue weighted by atomic mass is 32.2. The largest absolute Gasteiger partial charge is 0.394 e. The fourth-order valence-electron chi connectivity index (χ4n) is 3.46. The van der Waals surface area contributed by atoms with Crippen LogP contribution in [0.5, 0.6) is 0 Å². The minimum Gasteiger partial charge on any atom is -0.394 e. The van der Waals surface area contributed by atoms with Crippen molar-refractivity contribution in [2.24, 2.45) is 0 Å². The SMILES string of the molecule is CS(=O)(=O)[C@@H]1[C@H](O)[C@@H](CO)O[C@H]1n1cnc2c(NC(=O)c3ccccc3)ncnc21. The van der Waals surface area contributed by atoms with Gasteiger partial charge in [-0.3, -0.25) is 9.36 Å². The summed E-state index contributed by atoms with van der Waals surface area (Å²) in [5.74, 6) is -0.257. The number of sulfone groups is 1. The molecule has 3 aromatic rings. The number of anilines is 1.